The van der Waals surface area contributed by atoms with E-state index in [2.05, 4.69) is 0 Å². The Balaban J connectivity index is 2.17. The van der Waals surface area contributed by atoms with Crippen LogP contribution in [0.1, 0.15) is 0 Å². The number of cyclic esters (lactones) is 1. The molecule has 1 aliphatic rings. The van der Waals surface area contributed by atoms with Crippen LogP contribution in [0.15, 0.2) is 30.3 Å². The molecule has 0 saturated carbocycles. The van der Waals surface area contributed by atoms with Crippen molar-refractivity contribution in [2.45, 2.75) is 6.10 Å². The van der Waals surface area contributed by atoms with Crippen LogP contribution in [0.5, 0.6) is 0 Å². The molecular weight excluding hydrogens is 182 g/mol. The Hall–Kier alpha value is -1.55. The predicted octanol–water partition coefficient (Wildman–Crippen LogP) is 1.00. The maximum absolute atomic E-state index is 11.3. The standard InChI is InChI=1S/C10H11NO3/c12-7-9-6-11(10(13)14-9)8-4-2-1-3-5-8/h1-5,9,12H,6-7H2/t9-/m1/s1. The maximum Gasteiger partial charge on any atom is 0.414 e. The molecule has 0 aromatic heterocycles. The van der Waals surface area contributed by atoms with E-state index in [1.165, 1.54) is 4.90 Å². The molecular formula is C10H11NO3. The molecule has 1 aromatic carbocycles. The fraction of sp³-hybridized carbons (Fsp3) is 0.300. The Morgan fingerprint density at radius 3 is 2.71 bits per heavy atom. The molecule has 14 heavy (non-hydrogen) atoms. The molecule has 1 heterocycles. The van der Waals surface area contributed by atoms with Crippen molar-refractivity contribution in [1.82, 2.24) is 0 Å². The van der Waals surface area contributed by atoms with Crippen LogP contribution in [0.2, 0.25) is 0 Å². The number of benzene rings is 1. The third-order valence-corrected chi connectivity index (χ3v) is 2.15. The zero-order valence-electron chi connectivity index (χ0n) is 7.59. The molecule has 2 rings (SSSR count). The van der Waals surface area contributed by atoms with Crippen molar-refractivity contribution < 1.29 is 14.6 Å². The van der Waals surface area contributed by atoms with E-state index in [0.29, 0.717) is 6.54 Å². The number of para-hydroxylation sites is 1. The Morgan fingerprint density at radius 1 is 1.43 bits per heavy atom. The summed E-state index contributed by atoms with van der Waals surface area (Å²) >= 11 is 0. The number of rotatable bonds is 2. The van der Waals surface area contributed by atoms with Gasteiger partial charge in [-0.3, -0.25) is 4.90 Å². The zero-order chi connectivity index (χ0) is 9.97. The normalized spacial score (nSPS) is 21.1. The van der Waals surface area contributed by atoms with Gasteiger partial charge in [-0.05, 0) is 12.1 Å². The minimum absolute atomic E-state index is 0.130. The van der Waals surface area contributed by atoms with Crippen molar-refractivity contribution in [2.75, 3.05) is 18.1 Å². The van der Waals surface area contributed by atoms with Crippen LogP contribution >= 0.6 is 0 Å². The first-order chi connectivity index (χ1) is 6.81. The lowest BCUT2D eigenvalue weighted by molar-refractivity contribution is 0.0963. The van der Waals surface area contributed by atoms with E-state index < -0.39 is 12.2 Å². The van der Waals surface area contributed by atoms with Crippen LogP contribution in [-0.2, 0) is 4.74 Å². The Kier molecular flexibility index (Phi) is 2.37. The van der Waals surface area contributed by atoms with Gasteiger partial charge in [0.2, 0.25) is 0 Å². The lowest BCUT2D eigenvalue weighted by atomic mass is 10.3. The number of aliphatic hydroxyl groups excluding tert-OH is 1. The quantitative estimate of drug-likeness (QED) is 0.762. The molecule has 4 heteroatoms. The van der Waals surface area contributed by atoms with Crippen LogP contribution in [0.3, 0.4) is 0 Å². The SMILES string of the molecule is O=C1O[C@@H](CO)CN1c1ccccc1. The van der Waals surface area contributed by atoms with Gasteiger partial charge in [0.25, 0.3) is 0 Å². The summed E-state index contributed by atoms with van der Waals surface area (Å²) < 4.78 is 4.91. The topological polar surface area (TPSA) is 49.8 Å². The third kappa shape index (κ3) is 1.56. The second-order valence-corrected chi connectivity index (χ2v) is 3.13. The molecule has 1 aliphatic heterocycles. The van der Waals surface area contributed by atoms with E-state index in [4.69, 9.17) is 9.84 Å². The molecule has 0 spiro atoms. The van der Waals surface area contributed by atoms with Gasteiger partial charge in [-0.15, -0.1) is 0 Å². The molecule has 1 atom stereocenters. The minimum atomic E-state index is -0.400. The summed E-state index contributed by atoms with van der Waals surface area (Å²) in [5.41, 5.74) is 0.799. The molecule has 0 bridgehead atoms. The van der Waals surface area contributed by atoms with E-state index in [1.807, 2.05) is 30.3 Å². The van der Waals surface area contributed by atoms with E-state index in [9.17, 15) is 4.79 Å². The number of ether oxygens (including phenoxy) is 1. The van der Waals surface area contributed by atoms with Crippen molar-refractivity contribution >= 4 is 11.8 Å². The van der Waals surface area contributed by atoms with Gasteiger partial charge in [0.15, 0.2) is 0 Å². The Bertz CT molecular complexity index is 325. The molecule has 1 saturated heterocycles. The number of hydrogen-bond acceptors (Lipinski definition) is 3. The molecule has 0 unspecified atom stereocenters. The lowest BCUT2D eigenvalue weighted by Gasteiger charge is -2.11. The largest absolute Gasteiger partial charge is 0.441 e. The highest BCUT2D eigenvalue weighted by atomic mass is 16.6. The van der Waals surface area contributed by atoms with E-state index >= 15 is 0 Å². The predicted molar refractivity (Wildman–Crippen MR) is 51.1 cm³/mol. The highest BCUT2D eigenvalue weighted by Gasteiger charge is 2.31. The number of aliphatic hydroxyl groups is 1. The van der Waals surface area contributed by atoms with Crippen molar-refractivity contribution in [3.63, 3.8) is 0 Å². The monoisotopic (exact) mass is 193 g/mol. The van der Waals surface area contributed by atoms with Crippen LogP contribution in [0, 0.1) is 0 Å². The first-order valence-corrected chi connectivity index (χ1v) is 4.45. The Morgan fingerprint density at radius 2 is 2.14 bits per heavy atom. The lowest BCUT2D eigenvalue weighted by Crippen LogP contribution is -2.25. The van der Waals surface area contributed by atoms with E-state index in [-0.39, 0.29) is 6.61 Å². The summed E-state index contributed by atoms with van der Waals surface area (Å²) in [5, 5.41) is 8.84. The first-order valence-electron chi connectivity index (χ1n) is 4.45. The van der Waals surface area contributed by atoms with Crippen LogP contribution < -0.4 is 4.90 Å². The molecule has 1 N–H and O–H groups in total. The summed E-state index contributed by atoms with van der Waals surface area (Å²) in [6.07, 6.45) is -0.794. The highest BCUT2D eigenvalue weighted by molar-refractivity contribution is 5.89. The number of anilines is 1. The van der Waals surface area contributed by atoms with Gasteiger partial charge >= 0.3 is 6.09 Å². The average Bonchev–Trinajstić information content (AvgIpc) is 2.61. The summed E-state index contributed by atoms with van der Waals surface area (Å²) in [7, 11) is 0. The molecule has 0 radical (unpaired) electrons. The van der Waals surface area contributed by atoms with Crippen molar-refractivity contribution in [2.24, 2.45) is 0 Å². The number of nitrogens with zero attached hydrogens (tertiary/aromatic N) is 1. The second-order valence-electron chi connectivity index (χ2n) is 3.13. The van der Waals surface area contributed by atoms with E-state index in [1.54, 1.807) is 0 Å². The summed E-state index contributed by atoms with van der Waals surface area (Å²) in [4.78, 5) is 12.9. The van der Waals surface area contributed by atoms with Gasteiger partial charge in [0, 0.05) is 5.69 Å². The second kappa shape index (κ2) is 3.67. The summed E-state index contributed by atoms with van der Waals surface area (Å²) in [6.45, 7) is 0.286. The van der Waals surface area contributed by atoms with Gasteiger partial charge in [0.05, 0.1) is 13.2 Å². The van der Waals surface area contributed by atoms with Gasteiger partial charge in [-0.2, -0.15) is 0 Å². The number of amides is 1. The molecule has 4 nitrogen and oxygen atoms in total. The smallest absolute Gasteiger partial charge is 0.414 e. The van der Waals surface area contributed by atoms with Gasteiger partial charge in [-0.1, -0.05) is 18.2 Å². The average molecular weight is 193 g/mol. The van der Waals surface area contributed by atoms with Crippen molar-refractivity contribution in [3.8, 4) is 0 Å². The first kappa shape index (κ1) is 9.02. The summed E-state index contributed by atoms with van der Waals surface area (Å²) in [6, 6.07) is 9.26. The fourth-order valence-electron chi connectivity index (χ4n) is 1.44. The van der Waals surface area contributed by atoms with E-state index in [0.717, 1.165) is 5.69 Å². The van der Waals surface area contributed by atoms with Gasteiger partial charge in [0.1, 0.15) is 6.10 Å². The highest BCUT2D eigenvalue weighted by Crippen LogP contribution is 2.20. The van der Waals surface area contributed by atoms with Crippen LogP contribution in [-0.4, -0.2) is 30.5 Å². The van der Waals surface area contributed by atoms with Gasteiger partial charge in [-0.25, -0.2) is 4.79 Å². The molecule has 1 aromatic rings. The molecule has 0 aliphatic carbocycles. The maximum atomic E-state index is 11.3. The number of carbonyl (C=O) groups excluding carboxylic acids is 1. The fourth-order valence-corrected chi connectivity index (χ4v) is 1.44. The van der Waals surface area contributed by atoms with Crippen molar-refractivity contribution in [1.29, 1.82) is 0 Å². The van der Waals surface area contributed by atoms with Crippen LogP contribution in [0.25, 0.3) is 0 Å². The Labute approximate surface area is 81.7 Å². The third-order valence-electron chi connectivity index (χ3n) is 2.15. The summed E-state index contributed by atoms with van der Waals surface area (Å²) in [5.74, 6) is 0. The molecule has 74 valence electrons. The number of carbonyl (C=O) groups is 1. The minimum Gasteiger partial charge on any atom is -0.441 e. The van der Waals surface area contributed by atoms with Crippen molar-refractivity contribution in [3.05, 3.63) is 30.3 Å². The molecule has 1 amide bonds. The molecule has 1 fully saturated rings. The number of hydrogen-bond donors (Lipinski definition) is 1. The van der Waals surface area contributed by atoms with Crippen LogP contribution in [0.4, 0.5) is 10.5 Å². The van der Waals surface area contributed by atoms with Gasteiger partial charge < -0.3 is 9.84 Å². The zero-order valence-corrected chi connectivity index (χ0v) is 7.59.